The normalized spacial score (nSPS) is 13.3. The fourth-order valence-corrected chi connectivity index (χ4v) is 10.8. The van der Waals surface area contributed by atoms with Crippen molar-refractivity contribution in [1.29, 1.82) is 10.8 Å². The highest BCUT2D eigenvalue weighted by Gasteiger charge is 2.17. The molecule has 73 heavy (non-hydrogen) atoms. The average molecular weight is 1320 g/mol. The standard InChI is InChI=1S/C31H34Cl4N6S2.C11H16N4S2.C8H9Cl2N.2BrH/c1-21-2-5-24(15-42-30-36-17-40(18-37-30)10-8-22-3-6-26(32)28(34)13-22)25(12-21)16-43-31-38-19-41(20-39-31)11-9-23-4-7-27(33)29(35)14-23;1-7-2-3-8(5-16-10(12)13)9(4-7)6-17-11(14)15;9-7-2-1-6(3-4-11)5-8(7)10;;/h2-7,12-14H,8-11,15-20H2,1H3,(H,36,37)(H,38,39);2-4H,5-6H2,1H3,(H3,12,13)(H3,14,15);1-2,5H,3-4,11H2;2*1H. The van der Waals surface area contributed by atoms with E-state index in [1.54, 1.807) is 29.6 Å². The lowest BCUT2D eigenvalue weighted by molar-refractivity contribution is 0.270. The molecule has 5 aromatic rings. The van der Waals surface area contributed by atoms with Crippen LogP contribution < -0.4 is 27.8 Å². The number of aryl methyl sites for hydroxylation is 2. The van der Waals surface area contributed by atoms with Crippen molar-refractivity contribution in [2.24, 2.45) is 27.2 Å². The molecule has 10 N–H and O–H groups in total. The number of nitrogens with one attached hydrogen (secondary N) is 4. The number of halogens is 8. The van der Waals surface area contributed by atoms with E-state index in [0.717, 1.165) is 84.2 Å². The summed E-state index contributed by atoms with van der Waals surface area (Å²) in [6, 6.07) is 30.1. The van der Waals surface area contributed by atoms with Gasteiger partial charge in [0.2, 0.25) is 0 Å². The Morgan fingerprint density at radius 3 is 1.26 bits per heavy atom. The van der Waals surface area contributed by atoms with Crippen LogP contribution in [-0.4, -0.2) is 76.8 Å². The zero-order valence-corrected chi connectivity index (χ0v) is 51.5. The summed E-state index contributed by atoms with van der Waals surface area (Å²) >= 11 is 42.0. The van der Waals surface area contributed by atoms with Gasteiger partial charge in [-0.05, 0) is 115 Å². The fraction of sp³-hybridized carbons (Fsp3) is 0.320. The number of benzene rings is 5. The minimum atomic E-state index is 0. The molecule has 0 fully saturated rings. The van der Waals surface area contributed by atoms with Crippen LogP contribution in [-0.2, 0) is 42.3 Å². The number of aliphatic imine (C=N–C) groups is 2. The highest BCUT2D eigenvalue weighted by molar-refractivity contribution is 8.93. The lowest BCUT2D eigenvalue weighted by atomic mass is 10.1. The second kappa shape index (κ2) is 34.7. The minimum Gasteiger partial charge on any atom is -0.379 e. The van der Waals surface area contributed by atoms with Crippen LogP contribution >= 0.6 is 151 Å². The van der Waals surface area contributed by atoms with E-state index in [1.807, 2.05) is 67.6 Å². The maximum absolute atomic E-state index is 7.22. The van der Waals surface area contributed by atoms with Gasteiger partial charge in [-0.1, -0.05) is 182 Å². The highest BCUT2D eigenvalue weighted by Crippen LogP contribution is 2.28. The Kier molecular flexibility index (Phi) is 31.0. The van der Waals surface area contributed by atoms with Crippen LogP contribution in [0.25, 0.3) is 0 Å². The van der Waals surface area contributed by atoms with Crippen molar-refractivity contribution in [2.45, 2.75) is 56.1 Å². The summed E-state index contributed by atoms with van der Waals surface area (Å²) in [4.78, 5) is 14.1. The SMILES string of the molecule is Br.Br.Cc1ccc(CSC(=N)N)c(CSC(=N)N)c1.Cc1ccc(CSC2=NCN(CCc3ccc(Cl)c(Cl)c3)CN2)c(CSC2=NCN(CCc3ccc(Cl)c(Cl)c3)CN2)c1.NCCc1ccc(Cl)c(Cl)c1. The van der Waals surface area contributed by atoms with Crippen LogP contribution in [0.4, 0.5) is 0 Å². The minimum absolute atomic E-state index is 0. The van der Waals surface area contributed by atoms with Crippen LogP contribution in [0, 0.1) is 24.7 Å². The largest absolute Gasteiger partial charge is 0.379 e. The first-order valence-electron chi connectivity index (χ1n) is 22.4. The number of rotatable bonds is 16. The molecule has 11 nitrogen and oxygen atoms in total. The molecule has 0 bridgehead atoms. The van der Waals surface area contributed by atoms with Gasteiger partial charge in [-0.3, -0.25) is 20.6 Å². The number of nitrogens with zero attached hydrogens (tertiary/aromatic N) is 4. The molecule has 0 unspecified atom stereocenters. The molecule has 0 spiro atoms. The van der Waals surface area contributed by atoms with Crippen LogP contribution in [0.2, 0.25) is 30.1 Å². The Labute approximate surface area is 498 Å². The highest BCUT2D eigenvalue weighted by atomic mass is 79.9. The maximum Gasteiger partial charge on any atom is 0.159 e. The Balaban J connectivity index is 0.000000384. The molecule has 7 rings (SSSR count). The second-order valence-electron chi connectivity index (χ2n) is 16.4. The molecule has 0 saturated carbocycles. The molecular formula is C50H61Br2Cl6N11S4. The van der Waals surface area contributed by atoms with Gasteiger partial charge in [0.25, 0.3) is 0 Å². The molecule has 0 saturated heterocycles. The van der Waals surface area contributed by atoms with Crippen LogP contribution in [0.1, 0.15) is 50.1 Å². The molecule has 0 aromatic heterocycles. The summed E-state index contributed by atoms with van der Waals surface area (Å²) in [7, 11) is 0. The van der Waals surface area contributed by atoms with Crippen molar-refractivity contribution in [1.82, 2.24) is 20.4 Å². The zero-order chi connectivity index (χ0) is 51.3. The Hall–Kier alpha value is -2.04. The van der Waals surface area contributed by atoms with Gasteiger partial charge in [0.1, 0.15) is 0 Å². The summed E-state index contributed by atoms with van der Waals surface area (Å²) in [5.41, 5.74) is 26.9. The Bertz CT molecular complexity index is 2650. The van der Waals surface area contributed by atoms with E-state index in [-0.39, 0.29) is 44.3 Å². The van der Waals surface area contributed by atoms with Crippen molar-refractivity contribution in [3.05, 3.63) is 171 Å². The monoisotopic (exact) mass is 1310 g/mol. The third-order valence-corrected chi connectivity index (χ3v) is 16.5. The van der Waals surface area contributed by atoms with Crippen LogP contribution in [0.15, 0.2) is 101 Å². The lowest BCUT2D eigenvalue weighted by Crippen LogP contribution is -2.42. The smallest absolute Gasteiger partial charge is 0.159 e. The maximum atomic E-state index is 7.22. The van der Waals surface area contributed by atoms with E-state index in [4.69, 9.17) is 108 Å². The first-order valence-corrected chi connectivity index (χ1v) is 28.7. The van der Waals surface area contributed by atoms with Crippen LogP contribution in [0.3, 0.4) is 0 Å². The fourth-order valence-electron chi connectivity index (χ4n) is 6.88. The quantitative estimate of drug-likeness (QED) is 0.0369. The van der Waals surface area contributed by atoms with Crippen LogP contribution in [0.5, 0.6) is 0 Å². The first-order chi connectivity index (χ1) is 34.0. The number of thioether (sulfide) groups is 4. The van der Waals surface area contributed by atoms with Crippen molar-refractivity contribution in [2.75, 3.05) is 46.3 Å². The second-order valence-corrected chi connectivity index (χ2v) is 22.8. The third kappa shape index (κ3) is 24.0. The molecule has 0 aliphatic carbocycles. The van der Waals surface area contributed by atoms with Gasteiger partial charge in [-0.2, -0.15) is 0 Å². The van der Waals surface area contributed by atoms with Gasteiger partial charge in [0.05, 0.1) is 56.8 Å². The molecule has 0 radical (unpaired) electrons. The number of amidine groups is 4. The molecule has 2 aliphatic rings. The molecular weight excluding hydrogens is 1260 g/mol. The zero-order valence-electron chi connectivity index (χ0n) is 40.3. The van der Waals surface area contributed by atoms with Gasteiger partial charge >= 0.3 is 0 Å². The Morgan fingerprint density at radius 1 is 0.521 bits per heavy atom. The third-order valence-electron chi connectivity index (χ3n) is 10.8. The van der Waals surface area contributed by atoms with E-state index < -0.39 is 0 Å². The topological polar surface area (TPSA) is 181 Å². The predicted octanol–water partition coefficient (Wildman–Crippen LogP) is 13.8. The molecule has 0 atom stereocenters. The van der Waals surface area contributed by atoms with Crippen molar-refractivity contribution >= 4 is 171 Å². The Morgan fingerprint density at radius 2 is 0.890 bits per heavy atom. The summed E-state index contributed by atoms with van der Waals surface area (Å²) in [5, 5.41) is 27.2. The molecule has 2 heterocycles. The lowest BCUT2D eigenvalue weighted by Gasteiger charge is -2.27. The number of hydrogen-bond acceptors (Lipinski definition) is 13. The first kappa shape index (κ1) is 65.2. The van der Waals surface area contributed by atoms with Gasteiger partial charge in [0, 0.05) is 36.1 Å². The van der Waals surface area contributed by atoms with Crippen molar-refractivity contribution in [3.8, 4) is 0 Å². The summed E-state index contributed by atoms with van der Waals surface area (Å²) in [5.74, 6) is 3.11. The molecule has 2 aliphatic heterocycles. The molecule has 0 amide bonds. The van der Waals surface area contributed by atoms with E-state index in [1.165, 1.54) is 56.9 Å². The van der Waals surface area contributed by atoms with Gasteiger partial charge in [-0.25, -0.2) is 9.98 Å². The van der Waals surface area contributed by atoms with Gasteiger partial charge in [-0.15, -0.1) is 34.0 Å². The van der Waals surface area contributed by atoms with Crippen molar-refractivity contribution < 1.29 is 0 Å². The van der Waals surface area contributed by atoms with Gasteiger partial charge in [0.15, 0.2) is 20.7 Å². The molecule has 396 valence electrons. The van der Waals surface area contributed by atoms with Gasteiger partial charge < -0.3 is 27.8 Å². The average Bonchev–Trinajstić information content (AvgIpc) is 3.35. The number of nitrogens with two attached hydrogens (primary N) is 3. The summed E-state index contributed by atoms with van der Waals surface area (Å²) in [6.45, 7) is 9.54. The van der Waals surface area contributed by atoms with E-state index in [0.29, 0.717) is 61.5 Å². The van der Waals surface area contributed by atoms with Crippen molar-refractivity contribution in [3.63, 3.8) is 0 Å². The summed E-state index contributed by atoms with van der Waals surface area (Å²) < 4.78 is 0. The predicted molar refractivity (Wildman–Crippen MR) is 336 cm³/mol. The molecule has 5 aromatic carbocycles. The number of hydrogen-bond donors (Lipinski definition) is 7. The summed E-state index contributed by atoms with van der Waals surface area (Å²) in [6.07, 6.45) is 2.65. The molecule has 23 heteroatoms. The van der Waals surface area contributed by atoms with E-state index in [9.17, 15) is 0 Å². The van der Waals surface area contributed by atoms with E-state index >= 15 is 0 Å². The van der Waals surface area contributed by atoms with E-state index in [2.05, 4.69) is 51.6 Å².